The van der Waals surface area contributed by atoms with Gasteiger partial charge in [0.15, 0.2) is 12.4 Å². The van der Waals surface area contributed by atoms with E-state index in [9.17, 15) is 0 Å². The number of pyridine rings is 2. The predicted octanol–water partition coefficient (Wildman–Crippen LogP) is 4.25. The van der Waals surface area contributed by atoms with Crippen LogP contribution in [0.25, 0.3) is 27.4 Å². The molecule has 2 heterocycles. The van der Waals surface area contributed by atoms with Gasteiger partial charge in [0, 0.05) is 23.6 Å². The zero-order chi connectivity index (χ0) is 14.9. The van der Waals surface area contributed by atoms with E-state index in [0.29, 0.717) is 0 Å². The van der Waals surface area contributed by atoms with E-state index in [2.05, 4.69) is 65.3 Å². The minimum absolute atomic E-state index is 0.881. The molecule has 0 atom stereocenters. The maximum absolute atomic E-state index is 5.22. The molecule has 106 valence electrons. The number of benzene rings is 2. The van der Waals surface area contributed by atoms with E-state index in [1.807, 2.05) is 18.2 Å². The molecule has 0 fully saturated rings. The van der Waals surface area contributed by atoms with E-state index in [4.69, 9.17) is 4.74 Å². The second-order valence-electron chi connectivity index (χ2n) is 5.38. The molecule has 0 saturated heterocycles. The Bertz CT molecular complexity index is 958. The Morgan fingerprint density at radius 1 is 0.773 bits per heavy atom. The Morgan fingerprint density at radius 3 is 2.41 bits per heavy atom. The fourth-order valence-electron chi connectivity index (χ4n) is 2.80. The summed E-state index contributed by atoms with van der Waals surface area (Å²) in [4.78, 5) is 0. The first-order valence-electron chi connectivity index (χ1n) is 7.32. The predicted molar refractivity (Wildman–Crippen MR) is 89.1 cm³/mol. The molecule has 2 nitrogen and oxygen atoms in total. The van der Waals surface area contributed by atoms with Gasteiger partial charge in [-0.05, 0) is 46.8 Å². The average Bonchev–Trinajstić information content (AvgIpc) is 2.59. The number of rotatable bonds is 2. The summed E-state index contributed by atoms with van der Waals surface area (Å²) in [5.74, 6) is 0.881. The van der Waals surface area contributed by atoms with Crippen LogP contribution in [0.3, 0.4) is 0 Å². The lowest BCUT2D eigenvalue weighted by Crippen LogP contribution is -2.19. The fraction of sp³-hybridized carbons (Fsp3) is 0.0500. The number of methoxy groups -OCH3 is 1. The molecule has 0 spiro atoms. The maximum atomic E-state index is 5.22. The lowest BCUT2D eigenvalue weighted by Gasteiger charge is -2.05. The first-order valence-corrected chi connectivity index (χ1v) is 7.32. The molecule has 2 aromatic carbocycles. The molecule has 4 rings (SSSR count). The van der Waals surface area contributed by atoms with Crippen LogP contribution < -0.4 is 9.14 Å². The molecule has 0 unspecified atom stereocenters. The first kappa shape index (κ1) is 12.8. The van der Waals surface area contributed by atoms with Crippen LogP contribution in [0, 0.1) is 0 Å². The second kappa shape index (κ2) is 5.15. The van der Waals surface area contributed by atoms with Gasteiger partial charge in [-0.15, -0.1) is 0 Å². The molecule has 0 N–H and O–H groups in total. The van der Waals surface area contributed by atoms with Crippen molar-refractivity contribution in [2.24, 2.45) is 0 Å². The van der Waals surface area contributed by atoms with Crippen molar-refractivity contribution in [2.45, 2.75) is 0 Å². The largest absolute Gasteiger partial charge is 0.497 e. The topological polar surface area (TPSA) is 13.3 Å². The summed E-state index contributed by atoms with van der Waals surface area (Å²) in [6, 6.07) is 23.2. The van der Waals surface area contributed by atoms with E-state index in [-0.39, 0.29) is 0 Å². The van der Waals surface area contributed by atoms with Gasteiger partial charge in [0.2, 0.25) is 5.52 Å². The van der Waals surface area contributed by atoms with Gasteiger partial charge in [-0.25, -0.2) is 0 Å². The minimum Gasteiger partial charge on any atom is -0.497 e. The van der Waals surface area contributed by atoms with Crippen LogP contribution in [0.1, 0.15) is 0 Å². The Morgan fingerprint density at radius 2 is 1.59 bits per heavy atom. The third-order valence-corrected chi connectivity index (χ3v) is 4.01. The van der Waals surface area contributed by atoms with Gasteiger partial charge in [-0.1, -0.05) is 18.2 Å². The van der Waals surface area contributed by atoms with E-state index >= 15 is 0 Å². The highest BCUT2D eigenvalue weighted by molar-refractivity contribution is 5.88. The van der Waals surface area contributed by atoms with Crippen molar-refractivity contribution in [3.05, 3.63) is 79.1 Å². The SMILES string of the molecule is COc1ccc(-c2ccc3c[n+]4ccccc4cc3c2)cc1. The highest BCUT2D eigenvalue weighted by Crippen LogP contribution is 2.26. The van der Waals surface area contributed by atoms with Crippen molar-refractivity contribution >= 4 is 16.3 Å². The first-order chi connectivity index (χ1) is 10.8. The number of ether oxygens (including phenoxy) is 1. The average molecular weight is 286 g/mol. The molecule has 2 heteroatoms. The van der Waals surface area contributed by atoms with Crippen molar-refractivity contribution in [1.82, 2.24) is 0 Å². The van der Waals surface area contributed by atoms with Crippen LogP contribution >= 0.6 is 0 Å². The van der Waals surface area contributed by atoms with Gasteiger partial charge in [0.25, 0.3) is 0 Å². The molecule has 0 bridgehead atoms. The summed E-state index contributed by atoms with van der Waals surface area (Å²) in [6.07, 6.45) is 4.24. The summed E-state index contributed by atoms with van der Waals surface area (Å²) < 4.78 is 7.37. The number of hydrogen-bond acceptors (Lipinski definition) is 1. The highest BCUT2D eigenvalue weighted by atomic mass is 16.5. The van der Waals surface area contributed by atoms with Crippen molar-refractivity contribution < 1.29 is 9.14 Å². The molecule has 0 amide bonds. The third kappa shape index (κ3) is 2.19. The standard InChI is InChI=1S/C20H16NO/c1-22-20-9-7-15(8-10-20)16-5-6-17-14-21-11-3-2-4-19(21)13-18(17)12-16/h2-14H,1H3/q+1. The molecule has 2 aromatic heterocycles. The molecule has 0 aliphatic rings. The summed E-state index contributed by atoms with van der Waals surface area (Å²) in [7, 11) is 1.69. The van der Waals surface area contributed by atoms with E-state index in [1.54, 1.807) is 7.11 Å². The number of nitrogens with zero attached hydrogens (tertiary/aromatic N) is 1. The van der Waals surface area contributed by atoms with Crippen LogP contribution in [-0.4, -0.2) is 7.11 Å². The Balaban J connectivity index is 1.86. The van der Waals surface area contributed by atoms with Gasteiger partial charge in [0.1, 0.15) is 5.75 Å². The van der Waals surface area contributed by atoms with Crippen LogP contribution in [-0.2, 0) is 0 Å². The van der Waals surface area contributed by atoms with Gasteiger partial charge in [-0.3, -0.25) is 0 Å². The second-order valence-corrected chi connectivity index (χ2v) is 5.38. The molecule has 4 aromatic rings. The van der Waals surface area contributed by atoms with E-state index in [1.165, 1.54) is 27.4 Å². The van der Waals surface area contributed by atoms with Crippen LogP contribution in [0.2, 0.25) is 0 Å². The molecule has 0 aliphatic heterocycles. The van der Waals surface area contributed by atoms with Gasteiger partial charge < -0.3 is 4.74 Å². The van der Waals surface area contributed by atoms with Crippen molar-refractivity contribution in [3.63, 3.8) is 0 Å². The monoisotopic (exact) mass is 286 g/mol. The zero-order valence-corrected chi connectivity index (χ0v) is 12.4. The molecule has 0 saturated carbocycles. The van der Waals surface area contributed by atoms with Crippen LogP contribution in [0.4, 0.5) is 0 Å². The van der Waals surface area contributed by atoms with Gasteiger partial charge in [0.05, 0.1) is 7.11 Å². The van der Waals surface area contributed by atoms with Gasteiger partial charge in [-0.2, -0.15) is 4.40 Å². The van der Waals surface area contributed by atoms with Crippen molar-refractivity contribution in [3.8, 4) is 16.9 Å². The number of fused-ring (bicyclic) bond motifs is 2. The summed E-state index contributed by atoms with van der Waals surface area (Å²) >= 11 is 0. The molecule has 0 aliphatic carbocycles. The number of hydrogen-bond donors (Lipinski definition) is 0. The normalized spacial score (nSPS) is 11.0. The third-order valence-electron chi connectivity index (χ3n) is 4.01. The lowest BCUT2D eigenvalue weighted by atomic mass is 10.0. The maximum Gasteiger partial charge on any atom is 0.211 e. The van der Waals surface area contributed by atoms with E-state index < -0.39 is 0 Å². The summed E-state index contributed by atoms with van der Waals surface area (Å²) in [5, 5.41) is 2.49. The summed E-state index contributed by atoms with van der Waals surface area (Å²) in [5.41, 5.74) is 3.61. The molecule has 22 heavy (non-hydrogen) atoms. The van der Waals surface area contributed by atoms with Crippen molar-refractivity contribution in [2.75, 3.05) is 7.11 Å². The molecular formula is C20H16NO+. The quantitative estimate of drug-likeness (QED) is 0.396. The zero-order valence-electron chi connectivity index (χ0n) is 12.4. The Kier molecular flexibility index (Phi) is 3.01. The number of aromatic nitrogens is 1. The molecular weight excluding hydrogens is 270 g/mol. The van der Waals surface area contributed by atoms with Crippen LogP contribution in [0.5, 0.6) is 5.75 Å². The minimum atomic E-state index is 0.881. The Labute approximate surface area is 129 Å². The lowest BCUT2D eigenvalue weighted by molar-refractivity contribution is -0.510. The summed E-state index contributed by atoms with van der Waals surface area (Å²) in [6.45, 7) is 0. The Hall–Kier alpha value is -2.87. The smallest absolute Gasteiger partial charge is 0.211 e. The van der Waals surface area contributed by atoms with Crippen LogP contribution in [0.15, 0.2) is 79.1 Å². The molecule has 0 radical (unpaired) electrons. The van der Waals surface area contributed by atoms with E-state index in [0.717, 1.165) is 5.75 Å². The van der Waals surface area contributed by atoms with Gasteiger partial charge >= 0.3 is 0 Å². The fourth-order valence-corrected chi connectivity index (χ4v) is 2.80. The van der Waals surface area contributed by atoms with Crippen molar-refractivity contribution in [1.29, 1.82) is 0 Å². The highest BCUT2D eigenvalue weighted by Gasteiger charge is 2.06.